The highest BCUT2D eigenvalue weighted by Gasteiger charge is 2.31. The Morgan fingerprint density at radius 3 is 2.92 bits per heavy atom. The quantitative estimate of drug-likeness (QED) is 0.800. The third-order valence-corrected chi connectivity index (χ3v) is 4.36. The van der Waals surface area contributed by atoms with Crippen molar-refractivity contribution in [3.05, 3.63) is 64.4 Å². The third kappa shape index (κ3) is 3.96. The Morgan fingerprint density at radius 2 is 2.19 bits per heavy atom. The largest absolute Gasteiger partial charge is 0.496 e. The lowest BCUT2D eigenvalue weighted by atomic mass is 10.0. The molecule has 1 unspecified atom stereocenters. The van der Waals surface area contributed by atoms with Gasteiger partial charge in [-0.05, 0) is 30.3 Å². The molecule has 0 N–H and O–H groups in total. The molecule has 3 rings (SSSR count). The molecule has 0 bridgehead atoms. The molecule has 1 atom stereocenters. The van der Waals surface area contributed by atoms with E-state index >= 15 is 0 Å². The van der Waals surface area contributed by atoms with E-state index in [2.05, 4.69) is 5.16 Å². The standard InChI is InChI=1S/C19H18ClFN2O3/c1-23(11-13-8-14(20)6-7-17(13)25-2)19(24)18-10-16(22-26-18)12-4-3-5-15(21)9-12/h3-9,18H,10-11H2,1-2H3. The molecule has 1 amide bonds. The molecular formula is C19H18ClFN2O3. The van der Waals surface area contributed by atoms with Crippen molar-refractivity contribution in [1.29, 1.82) is 0 Å². The highest BCUT2D eigenvalue weighted by molar-refractivity contribution is 6.30. The maximum atomic E-state index is 13.4. The van der Waals surface area contributed by atoms with Crippen molar-refractivity contribution in [2.24, 2.45) is 5.16 Å². The molecule has 0 spiro atoms. The lowest BCUT2D eigenvalue weighted by Crippen LogP contribution is -2.36. The Morgan fingerprint density at radius 1 is 1.38 bits per heavy atom. The minimum absolute atomic E-state index is 0.220. The molecule has 0 saturated carbocycles. The van der Waals surface area contributed by atoms with Gasteiger partial charge in [-0.25, -0.2) is 4.39 Å². The van der Waals surface area contributed by atoms with Gasteiger partial charge in [0, 0.05) is 36.2 Å². The maximum absolute atomic E-state index is 13.4. The molecule has 1 aliphatic heterocycles. The summed E-state index contributed by atoms with van der Waals surface area (Å²) in [6.45, 7) is 0.317. The van der Waals surface area contributed by atoms with Gasteiger partial charge in [0.15, 0.2) is 0 Å². The van der Waals surface area contributed by atoms with Crippen LogP contribution < -0.4 is 4.74 Å². The van der Waals surface area contributed by atoms with E-state index in [0.717, 1.165) is 5.56 Å². The van der Waals surface area contributed by atoms with Crippen LogP contribution in [-0.2, 0) is 16.2 Å². The average Bonchev–Trinajstić information content (AvgIpc) is 3.11. The Labute approximate surface area is 156 Å². The van der Waals surface area contributed by atoms with Gasteiger partial charge in [-0.3, -0.25) is 4.79 Å². The molecule has 2 aromatic rings. The number of carbonyl (C=O) groups is 1. The van der Waals surface area contributed by atoms with Crippen molar-refractivity contribution in [3.63, 3.8) is 0 Å². The van der Waals surface area contributed by atoms with E-state index in [-0.39, 0.29) is 11.7 Å². The predicted molar refractivity (Wildman–Crippen MR) is 96.9 cm³/mol. The van der Waals surface area contributed by atoms with Crippen molar-refractivity contribution in [2.75, 3.05) is 14.2 Å². The topological polar surface area (TPSA) is 51.1 Å². The number of hydrogen-bond acceptors (Lipinski definition) is 4. The number of hydrogen-bond donors (Lipinski definition) is 0. The van der Waals surface area contributed by atoms with Gasteiger partial charge in [0.25, 0.3) is 5.91 Å². The second-order valence-electron chi connectivity index (χ2n) is 6.00. The molecule has 136 valence electrons. The van der Waals surface area contributed by atoms with Gasteiger partial charge >= 0.3 is 0 Å². The van der Waals surface area contributed by atoms with E-state index in [9.17, 15) is 9.18 Å². The summed E-state index contributed by atoms with van der Waals surface area (Å²) in [5.41, 5.74) is 1.95. The van der Waals surface area contributed by atoms with Gasteiger partial charge in [0.05, 0.1) is 12.8 Å². The van der Waals surface area contributed by atoms with Gasteiger partial charge in [-0.2, -0.15) is 0 Å². The minimum atomic E-state index is -0.733. The minimum Gasteiger partial charge on any atom is -0.496 e. The van der Waals surface area contributed by atoms with Crippen molar-refractivity contribution in [1.82, 2.24) is 4.90 Å². The monoisotopic (exact) mass is 376 g/mol. The van der Waals surface area contributed by atoms with Gasteiger partial charge in [0.2, 0.25) is 6.10 Å². The van der Waals surface area contributed by atoms with Gasteiger partial charge in [-0.15, -0.1) is 0 Å². The SMILES string of the molecule is COc1ccc(Cl)cc1CN(C)C(=O)C1CC(c2cccc(F)c2)=NO1. The molecule has 0 aromatic heterocycles. The lowest BCUT2D eigenvalue weighted by Gasteiger charge is -2.21. The van der Waals surface area contributed by atoms with Gasteiger partial charge in [-0.1, -0.05) is 28.9 Å². The summed E-state index contributed by atoms with van der Waals surface area (Å²) in [6, 6.07) is 11.3. The number of carbonyl (C=O) groups excluding carboxylic acids is 1. The fourth-order valence-corrected chi connectivity index (χ4v) is 2.99. The molecule has 1 aliphatic rings. The fourth-order valence-electron chi connectivity index (χ4n) is 2.80. The van der Waals surface area contributed by atoms with Crippen LogP contribution in [0.3, 0.4) is 0 Å². The second-order valence-corrected chi connectivity index (χ2v) is 6.43. The molecule has 0 fully saturated rings. The Kier molecular flexibility index (Phi) is 5.42. The first-order chi connectivity index (χ1) is 12.5. The summed E-state index contributed by atoms with van der Waals surface area (Å²) in [5.74, 6) is 0.0745. The van der Waals surface area contributed by atoms with Crippen LogP contribution in [-0.4, -0.2) is 36.8 Å². The number of amides is 1. The molecule has 0 radical (unpaired) electrons. The normalized spacial score (nSPS) is 16.0. The molecule has 1 heterocycles. The summed E-state index contributed by atoms with van der Waals surface area (Å²) >= 11 is 6.03. The number of oxime groups is 1. The average molecular weight is 377 g/mol. The zero-order chi connectivity index (χ0) is 18.7. The van der Waals surface area contributed by atoms with Crippen molar-refractivity contribution in [2.45, 2.75) is 19.1 Å². The molecular weight excluding hydrogens is 359 g/mol. The van der Waals surface area contributed by atoms with Crippen LogP contribution in [0.25, 0.3) is 0 Å². The smallest absolute Gasteiger partial charge is 0.266 e. The van der Waals surface area contributed by atoms with Crippen LogP contribution in [0.4, 0.5) is 4.39 Å². The van der Waals surface area contributed by atoms with Crippen molar-refractivity contribution in [3.8, 4) is 5.75 Å². The number of nitrogens with zero attached hydrogens (tertiary/aromatic N) is 2. The highest BCUT2D eigenvalue weighted by atomic mass is 35.5. The van der Waals surface area contributed by atoms with Crippen LogP contribution in [0.1, 0.15) is 17.5 Å². The number of rotatable bonds is 5. The Balaban J connectivity index is 1.66. The molecule has 0 aliphatic carbocycles. The zero-order valence-electron chi connectivity index (χ0n) is 14.4. The number of ether oxygens (including phenoxy) is 1. The first kappa shape index (κ1) is 18.2. The van der Waals surface area contributed by atoms with E-state index in [0.29, 0.717) is 35.0 Å². The highest BCUT2D eigenvalue weighted by Crippen LogP contribution is 2.25. The second kappa shape index (κ2) is 7.74. The van der Waals surface area contributed by atoms with E-state index < -0.39 is 6.10 Å². The van der Waals surface area contributed by atoms with Crippen LogP contribution in [0.15, 0.2) is 47.6 Å². The Bertz CT molecular complexity index is 856. The molecule has 7 heteroatoms. The number of benzene rings is 2. The summed E-state index contributed by atoms with van der Waals surface area (Å²) in [4.78, 5) is 19.5. The number of likely N-dealkylation sites (N-methyl/N-ethyl adjacent to an activating group) is 1. The van der Waals surface area contributed by atoms with Gasteiger partial charge in [0.1, 0.15) is 11.6 Å². The lowest BCUT2D eigenvalue weighted by molar-refractivity contribution is -0.141. The van der Waals surface area contributed by atoms with Crippen LogP contribution in [0.5, 0.6) is 5.75 Å². The fraction of sp³-hybridized carbons (Fsp3) is 0.263. The van der Waals surface area contributed by atoms with E-state index in [1.807, 2.05) is 0 Å². The first-order valence-electron chi connectivity index (χ1n) is 8.04. The van der Waals surface area contributed by atoms with E-state index in [1.54, 1.807) is 44.5 Å². The van der Waals surface area contributed by atoms with Gasteiger partial charge < -0.3 is 14.5 Å². The molecule has 2 aromatic carbocycles. The maximum Gasteiger partial charge on any atom is 0.266 e. The van der Waals surface area contributed by atoms with Crippen LogP contribution in [0.2, 0.25) is 5.02 Å². The van der Waals surface area contributed by atoms with E-state index in [1.165, 1.54) is 17.0 Å². The summed E-state index contributed by atoms with van der Waals surface area (Å²) < 4.78 is 18.7. The summed E-state index contributed by atoms with van der Waals surface area (Å²) in [7, 11) is 3.24. The molecule has 26 heavy (non-hydrogen) atoms. The number of methoxy groups -OCH3 is 1. The van der Waals surface area contributed by atoms with Crippen molar-refractivity contribution < 1.29 is 18.8 Å². The molecule has 5 nitrogen and oxygen atoms in total. The van der Waals surface area contributed by atoms with Crippen molar-refractivity contribution >= 4 is 23.2 Å². The summed E-state index contributed by atoms with van der Waals surface area (Å²) in [6.07, 6.45) is -0.442. The Hall–Kier alpha value is -2.60. The van der Waals surface area contributed by atoms with E-state index in [4.69, 9.17) is 21.2 Å². The number of halogens is 2. The predicted octanol–water partition coefficient (Wildman–Crippen LogP) is 3.64. The van der Waals surface area contributed by atoms with Crippen LogP contribution >= 0.6 is 11.6 Å². The zero-order valence-corrected chi connectivity index (χ0v) is 15.2. The summed E-state index contributed by atoms with van der Waals surface area (Å²) in [5, 5.41) is 4.51. The molecule has 0 saturated heterocycles. The van der Waals surface area contributed by atoms with Crippen LogP contribution in [0, 0.1) is 5.82 Å². The third-order valence-electron chi connectivity index (χ3n) is 4.13. The first-order valence-corrected chi connectivity index (χ1v) is 8.41.